The Hall–Kier alpha value is -2.83. The first kappa shape index (κ1) is 16.0. The Labute approximate surface area is 141 Å². The number of para-hydroxylation sites is 1. The number of benzene rings is 1. The zero-order chi connectivity index (χ0) is 16.9. The quantitative estimate of drug-likeness (QED) is 0.933. The standard InChI is InChI=1S/C17H22N6O/c1-21(2)15-12-16(20-18-13-15)22-8-10-23(11-9-22)17(24)19-14-6-4-3-5-7-14/h3-7,12-13H,8-11H2,1-2H3,(H,19,24). The van der Waals surface area contributed by atoms with E-state index in [1.807, 2.05) is 60.3 Å². The molecule has 0 saturated carbocycles. The van der Waals surface area contributed by atoms with E-state index in [0.717, 1.165) is 30.3 Å². The minimum absolute atomic E-state index is 0.0611. The first-order chi connectivity index (χ1) is 11.6. The molecule has 2 amide bonds. The van der Waals surface area contributed by atoms with Gasteiger partial charge in [0, 0.05) is 52.0 Å². The molecular formula is C17H22N6O. The van der Waals surface area contributed by atoms with E-state index in [1.165, 1.54) is 0 Å². The predicted molar refractivity (Wildman–Crippen MR) is 95.6 cm³/mol. The van der Waals surface area contributed by atoms with Gasteiger partial charge in [0.25, 0.3) is 0 Å². The summed E-state index contributed by atoms with van der Waals surface area (Å²) in [5.74, 6) is 0.851. The molecule has 1 fully saturated rings. The fraction of sp³-hybridized carbons (Fsp3) is 0.353. The maximum absolute atomic E-state index is 12.3. The van der Waals surface area contributed by atoms with E-state index in [1.54, 1.807) is 6.20 Å². The molecule has 0 radical (unpaired) electrons. The van der Waals surface area contributed by atoms with Gasteiger partial charge in [-0.3, -0.25) is 0 Å². The number of carbonyl (C=O) groups is 1. The summed E-state index contributed by atoms with van der Waals surface area (Å²) in [7, 11) is 3.96. The second-order valence-corrected chi connectivity index (χ2v) is 5.94. The highest BCUT2D eigenvalue weighted by atomic mass is 16.2. The molecule has 1 aromatic carbocycles. The van der Waals surface area contributed by atoms with Crippen molar-refractivity contribution in [1.29, 1.82) is 0 Å². The Morgan fingerprint density at radius 3 is 2.50 bits per heavy atom. The SMILES string of the molecule is CN(C)c1cnnc(N2CCN(C(=O)Nc3ccccc3)CC2)c1. The largest absolute Gasteiger partial charge is 0.376 e. The van der Waals surface area contributed by atoms with Crippen LogP contribution in [0.2, 0.25) is 0 Å². The lowest BCUT2D eigenvalue weighted by Gasteiger charge is -2.35. The van der Waals surface area contributed by atoms with Crippen LogP contribution in [0.4, 0.5) is 22.0 Å². The van der Waals surface area contributed by atoms with Crippen LogP contribution < -0.4 is 15.1 Å². The fourth-order valence-corrected chi connectivity index (χ4v) is 2.61. The van der Waals surface area contributed by atoms with Gasteiger partial charge in [-0.05, 0) is 12.1 Å². The molecule has 126 valence electrons. The minimum Gasteiger partial charge on any atom is -0.376 e. The smallest absolute Gasteiger partial charge is 0.321 e. The molecule has 7 nitrogen and oxygen atoms in total. The molecule has 1 aliphatic heterocycles. The van der Waals surface area contributed by atoms with Gasteiger partial charge in [0.05, 0.1) is 11.9 Å². The number of rotatable bonds is 3. The molecule has 0 unspecified atom stereocenters. The summed E-state index contributed by atoms with van der Waals surface area (Å²) in [4.78, 5) is 18.3. The van der Waals surface area contributed by atoms with Crippen molar-refractivity contribution in [2.24, 2.45) is 0 Å². The average Bonchev–Trinajstić information content (AvgIpc) is 2.63. The van der Waals surface area contributed by atoms with Gasteiger partial charge in [-0.1, -0.05) is 18.2 Å². The van der Waals surface area contributed by atoms with Gasteiger partial charge in [0.2, 0.25) is 0 Å². The van der Waals surface area contributed by atoms with Gasteiger partial charge < -0.3 is 20.0 Å². The number of aromatic nitrogens is 2. The lowest BCUT2D eigenvalue weighted by Crippen LogP contribution is -2.50. The normalized spacial score (nSPS) is 14.4. The molecular weight excluding hydrogens is 304 g/mol. The zero-order valence-corrected chi connectivity index (χ0v) is 14.0. The molecule has 2 heterocycles. The van der Waals surface area contributed by atoms with Gasteiger partial charge in [0.1, 0.15) is 0 Å². The Morgan fingerprint density at radius 2 is 1.83 bits per heavy atom. The first-order valence-electron chi connectivity index (χ1n) is 7.99. The number of hydrogen-bond donors (Lipinski definition) is 1. The van der Waals surface area contributed by atoms with Gasteiger partial charge in [-0.2, -0.15) is 5.10 Å². The van der Waals surface area contributed by atoms with Crippen LogP contribution in [-0.4, -0.2) is 61.4 Å². The molecule has 1 N–H and O–H groups in total. The third-order valence-electron chi connectivity index (χ3n) is 4.06. The third kappa shape index (κ3) is 3.73. The molecule has 7 heteroatoms. The van der Waals surface area contributed by atoms with Crippen molar-refractivity contribution in [1.82, 2.24) is 15.1 Å². The summed E-state index contributed by atoms with van der Waals surface area (Å²) < 4.78 is 0. The first-order valence-corrected chi connectivity index (χ1v) is 7.99. The summed E-state index contributed by atoms with van der Waals surface area (Å²) in [6.07, 6.45) is 1.74. The molecule has 3 rings (SSSR count). The van der Waals surface area contributed by atoms with E-state index in [4.69, 9.17) is 0 Å². The molecule has 2 aromatic rings. The van der Waals surface area contributed by atoms with Crippen molar-refractivity contribution in [3.63, 3.8) is 0 Å². The lowest BCUT2D eigenvalue weighted by molar-refractivity contribution is 0.208. The molecule has 24 heavy (non-hydrogen) atoms. The van der Waals surface area contributed by atoms with Crippen LogP contribution in [0.5, 0.6) is 0 Å². The number of nitrogens with one attached hydrogen (secondary N) is 1. The van der Waals surface area contributed by atoms with Crippen LogP contribution >= 0.6 is 0 Å². The van der Waals surface area contributed by atoms with Crippen LogP contribution in [0.3, 0.4) is 0 Å². The van der Waals surface area contributed by atoms with Gasteiger partial charge >= 0.3 is 6.03 Å². The molecule has 0 aliphatic carbocycles. The molecule has 0 atom stereocenters. The molecule has 1 saturated heterocycles. The summed E-state index contributed by atoms with van der Waals surface area (Å²) in [6, 6.07) is 11.5. The summed E-state index contributed by atoms with van der Waals surface area (Å²) in [5.41, 5.74) is 1.83. The van der Waals surface area contributed by atoms with Crippen molar-refractivity contribution < 1.29 is 4.79 Å². The second-order valence-electron chi connectivity index (χ2n) is 5.94. The summed E-state index contributed by atoms with van der Waals surface area (Å²) in [6.45, 7) is 2.81. The van der Waals surface area contributed by atoms with Crippen molar-refractivity contribution in [3.05, 3.63) is 42.6 Å². The Balaban J connectivity index is 1.57. The van der Waals surface area contributed by atoms with Crippen molar-refractivity contribution in [2.75, 3.05) is 55.4 Å². The number of nitrogens with zero attached hydrogens (tertiary/aromatic N) is 5. The molecule has 1 aromatic heterocycles. The molecule has 0 bridgehead atoms. The zero-order valence-electron chi connectivity index (χ0n) is 14.0. The Kier molecular flexibility index (Phi) is 4.79. The fourth-order valence-electron chi connectivity index (χ4n) is 2.61. The number of hydrogen-bond acceptors (Lipinski definition) is 5. The summed E-state index contributed by atoms with van der Waals surface area (Å²) >= 11 is 0. The van der Waals surface area contributed by atoms with Crippen LogP contribution in [0, 0.1) is 0 Å². The maximum atomic E-state index is 12.3. The van der Waals surface area contributed by atoms with Crippen molar-refractivity contribution >= 4 is 23.2 Å². The van der Waals surface area contributed by atoms with E-state index >= 15 is 0 Å². The van der Waals surface area contributed by atoms with Crippen LogP contribution in [-0.2, 0) is 0 Å². The van der Waals surface area contributed by atoms with Crippen LogP contribution in [0.15, 0.2) is 42.6 Å². The maximum Gasteiger partial charge on any atom is 0.321 e. The number of carbonyl (C=O) groups excluding carboxylic acids is 1. The van der Waals surface area contributed by atoms with Crippen molar-refractivity contribution in [3.8, 4) is 0 Å². The van der Waals surface area contributed by atoms with Gasteiger partial charge in [-0.25, -0.2) is 4.79 Å². The van der Waals surface area contributed by atoms with E-state index in [9.17, 15) is 4.79 Å². The van der Waals surface area contributed by atoms with E-state index < -0.39 is 0 Å². The number of urea groups is 1. The Bertz CT molecular complexity index is 682. The number of amides is 2. The predicted octanol–water partition coefficient (Wildman–Crippen LogP) is 1.90. The van der Waals surface area contributed by atoms with Crippen LogP contribution in [0.25, 0.3) is 0 Å². The molecule has 0 spiro atoms. The highest BCUT2D eigenvalue weighted by Gasteiger charge is 2.22. The van der Waals surface area contributed by atoms with Crippen molar-refractivity contribution in [2.45, 2.75) is 0 Å². The Morgan fingerprint density at radius 1 is 1.12 bits per heavy atom. The lowest BCUT2D eigenvalue weighted by atomic mass is 10.3. The van der Waals surface area contributed by atoms with Gasteiger partial charge in [0.15, 0.2) is 5.82 Å². The monoisotopic (exact) mass is 326 g/mol. The average molecular weight is 326 g/mol. The summed E-state index contributed by atoms with van der Waals surface area (Å²) in [5, 5.41) is 11.2. The minimum atomic E-state index is -0.0611. The third-order valence-corrected chi connectivity index (χ3v) is 4.06. The van der Waals surface area contributed by atoms with Gasteiger partial charge in [-0.15, -0.1) is 5.10 Å². The number of piperazine rings is 1. The van der Waals surface area contributed by atoms with E-state index in [2.05, 4.69) is 20.4 Å². The second kappa shape index (κ2) is 7.16. The highest BCUT2D eigenvalue weighted by Crippen LogP contribution is 2.18. The van der Waals surface area contributed by atoms with E-state index in [0.29, 0.717) is 13.1 Å². The topological polar surface area (TPSA) is 64.6 Å². The molecule has 1 aliphatic rings. The highest BCUT2D eigenvalue weighted by molar-refractivity contribution is 5.89. The van der Waals surface area contributed by atoms with Crippen LogP contribution in [0.1, 0.15) is 0 Å². The number of anilines is 3. The van der Waals surface area contributed by atoms with E-state index in [-0.39, 0.29) is 6.03 Å².